The highest BCUT2D eigenvalue weighted by Gasteiger charge is 2.29. The summed E-state index contributed by atoms with van der Waals surface area (Å²) in [5.74, 6) is -1.03. The van der Waals surface area contributed by atoms with Gasteiger partial charge in [0.15, 0.2) is 0 Å². The van der Waals surface area contributed by atoms with E-state index in [0.29, 0.717) is 19.2 Å². The third-order valence-electron chi connectivity index (χ3n) is 3.69. The second-order valence-electron chi connectivity index (χ2n) is 5.18. The Kier molecular flexibility index (Phi) is 4.27. The Bertz CT molecular complexity index is 771. The van der Waals surface area contributed by atoms with Gasteiger partial charge in [-0.3, -0.25) is 0 Å². The largest absolute Gasteiger partial charge is 0.354 e. The van der Waals surface area contributed by atoms with Crippen molar-refractivity contribution in [3.63, 3.8) is 0 Å². The van der Waals surface area contributed by atoms with E-state index in [1.54, 1.807) is 6.20 Å². The quantitative estimate of drug-likeness (QED) is 0.857. The summed E-state index contributed by atoms with van der Waals surface area (Å²) in [6, 6.07) is 7.85. The summed E-state index contributed by atoms with van der Waals surface area (Å²) in [6.45, 7) is 1.40. The van der Waals surface area contributed by atoms with Gasteiger partial charge in [-0.05, 0) is 24.3 Å². The molecule has 2 heterocycles. The fraction of sp³-hybridized carbons (Fsp3) is 0.267. The molecule has 1 aromatic heterocycles. The van der Waals surface area contributed by atoms with E-state index in [0.717, 1.165) is 18.0 Å². The Morgan fingerprint density at radius 2 is 1.61 bits per heavy atom. The molecule has 0 saturated carbocycles. The van der Waals surface area contributed by atoms with Crippen LogP contribution < -0.4 is 4.90 Å². The van der Waals surface area contributed by atoms with Crippen molar-refractivity contribution < 1.29 is 17.2 Å². The average molecular weight is 339 g/mol. The number of anilines is 1. The van der Waals surface area contributed by atoms with Gasteiger partial charge in [-0.2, -0.15) is 4.31 Å². The fourth-order valence-electron chi connectivity index (χ4n) is 2.52. The average Bonchev–Trinajstić information content (AvgIpc) is 2.55. The lowest BCUT2D eigenvalue weighted by Crippen LogP contribution is -2.48. The molecule has 0 atom stereocenters. The van der Waals surface area contributed by atoms with Gasteiger partial charge in [0.05, 0.1) is 4.90 Å². The van der Waals surface area contributed by atoms with Gasteiger partial charge in [-0.15, -0.1) is 0 Å². The first-order valence-corrected chi connectivity index (χ1v) is 8.53. The number of sulfonamides is 1. The third-order valence-corrected chi connectivity index (χ3v) is 5.56. The maximum atomic E-state index is 13.3. The van der Waals surface area contributed by atoms with Gasteiger partial charge in [0.1, 0.15) is 17.5 Å². The number of piperazine rings is 1. The minimum atomic E-state index is -3.91. The number of hydrogen-bond donors (Lipinski definition) is 0. The molecule has 1 fully saturated rings. The monoisotopic (exact) mass is 339 g/mol. The Morgan fingerprint density at radius 3 is 2.17 bits per heavy atom. The molecule has 0 aliphatic carbocycles. The standard InChI is InChI=1S/C15H15F2N3O2S/c16-12-9-13(17)11-14(10-12)23(21,22)20-7-5-19(6-8-20)15-3-1-2-4-18-15/h1-4,9-11H,5-8H2. The van der Waals surface area contributed by atoms with E-state index in [4.69, 9.17) is 0 Å². The van der Waals surface area contributed by atoms with Crippen molar-refractivity contribution in [2.75, 3.05) is 31.1 Å². The number of pyridine rings is 1. The van der Waals surface area contributed by atoms with Crippen molar-refractivity contribution in [3.05, 3.63) is 54.2 Å². The van der Waals surface area contributed by atoms with Crippen molar-refractivity contribution in [1.29, 1.82) is 0 Å². The summed E-state index contributed by atoms with van der Waals surface area (Å²) < 4.78 is 52.8. The lowest BCUT2D eigenvalue weighted by molar-refractivity contribution is 0.383. The fourth-order valence-corrected chi connectivity index (χ4v) is 3.99. The molecule has 8 heteroatoms. The predicted octanol–water partition coefficient (Wildman–Crippen LogP) is 1.87. The maximum absolute atomic E-state index is 13.3. The van der Waals surface area contributed by atoms with Crippen LogP contribution in [0.5, 0.6) is 0 Å². The highest BCUT2D eigenvalue weighted by atomic mass is 32.2. The highest BCUT2D eigenvalue weighted by Crippen LogP contribution is 2.21. The van der Waals surface area contributed by atoms with Crippen LogP contribution in [0.4, 0.5) is 14.6 Å². The summed E-state index contributed by atoms with van der Waals surface area (Å²) in [4.78, 5) is 5.84. The van der Waals surface area contributed by atoms with E-state index in [-0.39, 0.29) is 18.0 Å². The van der Waals surface area contributed by atoms with Gasteiger partial charge >= 0.3 is 0 Å². The molecule has 0 bridgehead atoms. The maximum Gasteiger partial charge on any atom is 0.243 e. The Balaban J connectivity index is 1.76. The number of aromatic nitrogens is 1. The van der Waals surface area contributed by atoms with Crippen molar-refractivity contribution >= 4 is 15.8 Å². The van der Waals surface area contributed by atoms with Crippen molar-refractivity contribution in [2.24, 2.45) is 0 Å². The van der Waals surface area contributed by atoms with Gasteiger partial charge in [0.2, 0.25) is 10.0 Å². The minimum Gasteiger partial charge on any atom is -0.354 e. The Morgan fingerprint density at radius 1 is 0.957 bits per heavy atom. The van der Waals surface area contributed by atoms with E-state index in [1.165, 1.54) is 4.31 Å². The molecule has 0 unspecified atom stereocenters. The molecular formula is C15H15F2N3O2S. The minimum absolute atomic E-state index is 0.233. The predicted molar refractivity (Wildman–Crippen MR) is 81.6 cm³/mol. The molecule has 0 radical (unpaired) electrons. The van der Waals surface area contributed by atoms with Crippen LogP contribution in [0, 0.1) is 11.6 Å². The van der Waals surface area contributed by atoms with Crippen LogP contribution in [-0.2, 0) is 10.0 Å². The van der Waals surface area contributed by atoms with Crippen molar-refractivity contribution in [2.45, 2.75) is 4.90 Å². The van der Waals surface area contributed by atoms with E-state index in [9.17, 15) is 17.2 Å². The van der Waals surface area contributed by atoms with Crippen LogP contribution in [0.1, 0.15) is 0 Å². The van der Waals surface area contributed by atoms with E-state index in [1.807, 2.05) is 23.1 Å². The van der Waals surface area contributed by atoms with E-state index < -0.39 is 21.7 Å². The molecule has 3 rings (SSSR count). The lowest BCUT2D eigenvalue weighted by atomic mass is 10.3. The zero-order valence-corrected chi connectivity index (χ0v) is 13.0. The first-order valence-electron chi connectivity index (χ1n) is 7.09. The molecular weight excluding hydrogens is 324 g/mol. The van der Waals surface area contributed by atoms with Crippen molar-refractivity contribution in [1.82, 2.24) is 9.29 Å². The number of benzene rings is 1. The smallest absolute Gasteiger partial charge is 0.243 e. The summed E-state index contributed by atoms with van der Waals surface area (Å²) in [5.41, 5.74) is 0. The van der Waals surface area contributed by atoms with Crippen LogP contribution in [0.25, 0.3) is 0 Å². The second-order valence-corrected chi connectivity index (χ2v) is 7.12. The van der Waals surface area contributed by atoms with E-state index in [2.05, 4.69) is 4.98 Å². The molecule has 122 valence electrons. The Labute approximate surface area is 133 Å². The Hall–Kier alpha value is -2.06. The molecule has 1 saturated heterocycles. The summed E-state index contributed by atoms with van der Waals surface area (Å²) >= 11 is 0. The zero-order chi connectivity index (χ0) is 16.4. The van der Waals surface area contributed by atoms with Crippen LogP contribution in [0.15, 0.2) is 47.5 Å². The lowest BCUT2D eigenvalue weighted by Gasteiger charge is -2.34. The van der Waals surface area contributed by atoms with Crippen LogP contribution >= 0.6 is 0 Å². The SMILES string of the molecule is O=S(=O)(c1cc(F)cc(F)c1)N1CCN(c2ccccn2)CC1. The molecule has 0 N–H and O–H groups in total. The number of nitrogens with zero attached hydrogens (tertiary/aromatic N) is 3. The normalized spacial score (nSPS) is 16.5. The molecule has 1 aliphatic heterocycles. The molecule has 1 aromatic carbocycles. The highest BCUT2D eigenvalue weighted by molar-refractivity contribution is 7.89. The van der Waals surface area contributed by atoms with Gasteiger partial charge in [-0.25, -0.2) is 22.2 Å². The topological polar surface area (TPSA) is 53.5 Å². The molecule has 23 heavy (non-hydrogen) atoms. The summed E-state index contributed by atoms with van der Waals surface area (Å²) in [7, 11) is -3.91. The van der Waals surface area contributed by atoms with Crippen LogP contribution in [-0.4, -0.2) is 43.9 Å². The number of halogens is 2. The molecule has 0 spiro atoms. The van der Waals surface area contributed by atoms with Crippen LogP contribution in [0.2, 0.25) is 0 Å². The second kappa shape index (κ2) is 6.21. The zero-order valence-electron chi connectivity index (χ0n) is 12.2. The first kappa shape index (κ1) is 15.8. The van der Waals surface area contributed by atoms with Gasteiger partial charge in [0.25, 0.3) is 0 Å². The number of hydrogen-bond acceptors (Lipinski definition) is 4. The molecule has 2 aromatic rings. The van der Waals surface area contributed by atoms with Crippen molar-refractivity contribution in [3.8, 4) is 0 Å². The number of rotatable bonds is 3. The van der Waals surface area contributed by atoms with Gasteiger partial charge in [0, 0.05) is 38.4 Å². The van der Waals surface area contributed by atoms with Gasteiger partial charge in [-0.1, -0.05) is 6.07 Å². The van der Waals surface area contributed by atoms with Crippen LogP contribution in [0.3, 0.4) is 0 Å². The first-order chi connectivity index (χ1) is 11.0. The molecule has 0 amide bonds. The summed E-state index contributed by atoms with van der Waals surface area (Å²) in [6.07, 6.45) is 1.67. The van der Waals surface area contributed by atoms with Gasteiger partial charge < -0.3 is 4.90 Å². The molecule has 1 aliphatic rings. The summed E-state index contributed by atoms with van der Waals surface area (Å²) in [5, 5.41) is 0. The third kappa shape index (κ3) is 3.32. The molecule has 5 nitrogen and oxygen atoms in total. The van der Waals surface area contributed by atoms with E-state index >= 15 is 0 Å².